The van der Waals surface area contributed by atoms with Gasteiger partial charge in [-0.15, -0.1) is 12.4 Å². The minimum absolute atomic E-state index is 0. The Morgan fingerprint density at radius 2 is 1.76 bits per heavy atom. The van der Waals surface area contributed by atoms with Crippen LogP contribution in [0.25, 0.3) is 0 Å². The molecule has 0 unspecified atom stereocenters. The Morgan fingerprint density at radius 1 is 1.08 bits per heavy atom. The van der Waals surface area contributed by atoms with Crippen LogP contribution in [0, 0.1) is 0 Å². The maximum absolute atomic E-state index is 11.8. The van der Waals surface area contributed by atoms with E-state index in [2.05, 4.69) is 17.0 Å². The SMILES string of the molecule is COc1cc2c(c(C(=O)O)c1OC)CCN(c1ccccc1)CC2.Cl. The zero-order valence-electron chi connectivity index (χ0n) is 14.3. The summed E-state index contributed by atoms with van der Waals surface area (Å²) in [6.45, 7) is 1.61. The van der Waals surface area contributed by atoms with Gasteiger partial charge in [-0.3, -0.25) is 0 Å². The molecule has 1 aliphatic heterocycles. The molecule has 6 heteroatoms. The van der Waals surface area contributed by atoms with Gasteiger partial charge in [0, 0.05) is 18.8 Å². The van der Waals surface area contributed by atoms with Gasteiger partial charge in [0.05, 0.1) is 14.2 Å². The third kappa shape index (κ3) is 3.66. The highest BCUT2D eigenvalue weighted by atomic mass is 35.5. The molecule has 2 aromatic carbocycles. The van der Waals surface area contributed by atoms with E-state index in [1.54, 1.807) is 0 Å². The molecule has 0 amide bonds. The molecule has 134 valence electrons. The van der Waals surface area contributed by atoms with Gasteiger partial charge < -0.3 is 19.5 Å². The van der Waals surface area contributed by atoms with E-state index in [0.29, 0.717) is 17.9 Å². The minimum Gasteiger partial charge on any atom is -0.493 e. The maximum Gasteiger partial charge on any atom is 0.339 e. The lowest BCUT2D eigenvalue weighted by Gasteiger charge is -2.22. The number of hydrogen-bond donors (Lipinski definition) is 1. The largest absolute Gasteiger partial charge is 0.493 e. The monoisotopic (exact) mass is 363 g/mol. The van der Waals surface area contributed by atoms with Crippen LogP contribution in [-0.2, 0) is 12.8 Å². The third-order valence-electron chi connectivity index (χ3n) is 4.49. The fourth-order valence-electron chi connectivity index (χ4n) is 3.33. The number of methoxy groups -OCH3 is 2. The fourth-order valence-corrected chi connectivity index (χ4v) is 3.33. The van der Waals surface area contributed by atoms with Crippen LogP contribution in [-0.4, -0.2) is 38.4 Å². The molecule has 0 fully saturated rings. The van der Waals surface area contributed by atoms with Gasteiger partial charge in [-0.1, -0.05) is 18.2 Å². The van der Waals surface area contributed by atoms with Crippen molar-refractivity contribution in [3.8, 4) is 11.5 Å². The van der Waals surface area contributed by atoms with Crippen LogP contribution in [0.5, 0.6) is 11.5 Å². The molecule has 0 atom stereocenters. The molecule has 0 spiro atoms. The summed E-state index contributed by atoms with van der Waals surface area (Å²) in [5.41, 5.74) is 3.24. The Labute approximate surface area is 153 Å². The van der Waals surface area contributed by atoms with Crippen molar-refractivity contribution in [2.24, 2.45) is 0 Å². The first-order valence-corrected chi connectivity index (χ1v) is 7.95. The molecule has 0 saturated heterocycles. The molecule has 5 nitrogen and oxygen atoms in total. The number of rotatable bonds is 4. The van der Waals surface area contributed by atoms with Crippen LogP contribution in [0.1, 0.15) is 21.5 Å². The number of nitrogens with zero attached hydrogens (tertiary/aromatic N) is 1. The van der Waals surface area contributed by atoms with Gasteiger partial charge in [-0.2, -0.15) is 0 Å². The summed E-state index contributed by atoms with van der Waals surface area (Å²) >= 11 is 0. The average molecular weight is 364 g/mol. The number of carboxylic acid groups (broad SMARTS) is 1. The van der Waals surface area contributed by atoms with Crippen molar-refractivity contribution in [2.45, 2.75) is 12.8 Å². The summed E-state index contributed by atoms with van der Waals surface area (Å²) in [6, 6.07) is 12.1. The van der Waals surface area contributed by atoms with Gasteiger partial charge in [0.15, 0.2) is 11.5 Å². The Balaban J connectivity index is 0.00000225. The second kappa shape index (κ2) is 8.12. The van der Waals surface area contributed by atoms with Crippen LogP contribution in [0.4, 0.5) is 5.69 Å². The normalized spacial score (nSPS) is 13.3. The molecule has 0 radical (unpaired) electrons. The third-order valence-corrected chi connectivity index (χ3v) is 4.49. The molecule has 25 heavy (non-hydrogen) atoms. The summed E-state index contributed by atoms with van der Waals surface area (Å²) in [5.74, 6) is -0.200. The fraction of sp³-hybridized carbons (Fsp3) is 0.316. The van der Waals surface area contributed by atoms with Crippen LogP contribution >= 0.6 is 12.4 Å². The molecule has 2 aromatic rings. The lowest BCUT2D eigenvalue weighted by molar-refractivity contribution is 0.0691. The van der Waals surface area contributed by atoms with Crippen molar-refractivity contribution in [2.75, 3.05) is 32.2 Å². The highest BCUT2D eigenvalue weighted by molar-refractivity contribution is 5.94. The number of fused-ring (bicyclic) bond motifs is 1. The van der Waals surface area contributed by atoms with Crippen LogP contribution in [0.15, 0.2) is 36.4 Å². The summed E-state index contributed by atoms with van der Waals surface area (Å²) in [6.07, 6.45) is 1.43. The molecule has 0 saturated carbocycles. The van der Waals surface area contributed by atoms with E-state index >= 15 is 0 Å². The smallest absolute Gasteiger partial charge is 0.339 e. The van der Waals surface area contributed by atoms with Crippen LogP contribution in [0.2, 0.25) is 0 Å². The Kier molecular flexibility index (Phi) is 6.15. The molecule has 1 aliphatic rings. The topological polar surface area (TPSA) is 59.0 Å². The number of carboxylic acids is 1. The van der Waals surface area contributed by atoms with Crippen molar-refractivity contribution in [1.29, 1.82) is 0 Å². The first kappa shape index (κ1) is 18.9. The summed E-state index contributed by atoms with van der Waals surface area (Å²) in [4.78, 5) is 14.1. The first-order chi connectivity index (χ1) is 11.7. The maximum atomic E-state index is 11.8. The van der Waals surface area contributed by atoms with Crippen molar-refractivity contribution < 1.29 is 19.4 Å². The highest BCUT2D eigenvalue weighted by Gasteiger charge is 2.26. The zero-order chi connectivity index (χ0) is 17.1. The molecular formula is C19H22ClNO4. The highest BCUT2D eigenvalue weighted by Crippen LogP contribution is 2.37. The van der Waals surface area contributed by atoms with E-state index in [-0.39, 0.29) is 18.0 Å². The van der Waals surface area contributed by atoms with E-state index in [0.717, 1.165) is 36.3 Å². The number of anilines is 1. The number of ether oxygens (including phenoxy) is 2. The van der Waals surface area contributed by atoms with Crippen molar-refractivity contribution in [3.63, 3.8) is 0 Å². The van der Waals surface area contributed by atoms with E-state index in [1.165, 1.54) is 14.2 Å². The molecular weight excluding hydrogens is 342 g/mol. The van der Waals surface area contributed by atoms with Crippen molar-refractivity contribution in [3.05, 3.63) is 53.1 Å². The van der Waals surface area contributed by atoms with E-state index < -0.39 is 5.97 Å². The van der Waals surface area contributed by atoms with Crippen LogP contribution in [0.3, 0.4) is 0 Å². The Bertz CT molecular complexity index is 749. The van der Waals surface area contributed by atoms with Gasteiger partial charge in [0.25, 0.3) is 0 Å². The lowest BCUT2D eigenvalue weighted by atomic mass is 9.95. The molecule has 1 heterocycles. The van der Waals surface area contributed by atoms with Gasteiger partial charge in [0.2, 0.25) is 0 Å². The lowest BCUT2D eigenvalue weighted by Crippen LogP contribution is -2.25. The number of carbonyl (C=O) groups is 1. The standard InChI is InChI=1S/C19H21NO4.ClH/c1-23-16-12-13-8-10-20(14-6-4-3-5-7-14)11-9-15(13)17(19(21)22)18(16)24-2;/h3-7,12H,8-11H2,1-2H3,(H,21,22);1H. The van der Waals surface area contributed by atoms with Gasteiger partial charge >= 0.3 is 5.97 Å². The Morgan fingerprint density at radius 3 is 2.36 bits per heavy atom. The predicted octanol–water partition coefficient (Wildman–Crippen LogP) is 3.43. The number of aromatic carboxylic acids is 1. The second-order valence-electron chi connectivity index (χ2n) is 5.75. The second-order valence-corrected chi connectivity index (χ2v) is 5.75. The molecule has 0 aromatic heterocycles. The van der Waals surface area contributed by atoms with Crippen molar-refractivity contribution in [1.82, 2.24) is 0 Å². The quantitative estimate of drug-likeness (QED) is 0.901. The minimum atomic E-state index is -0.977. The average Bonchev–Trinajstić information content (AvgIpc) is 2.82. The van der Waals surface area contributed by atoms with E-state index in [9.17, 15) is 9.90 Å². The summed E-state index contributed by atoms with van der Waals surface area (Å²) < 4.78 is 10.7. The summed E-state index contributed by atoms with van der Waals surface area (Å²) in [7, 11) is 3.01. The van der Waals surface area contributed by atoms with Gasteiger partial charge in [-0.25, -0.2) is 4.79 Å². The number of hydrogen-bond acceptors (Lipinski definition) is 4. The van der Waals surface area contributed by atoms with Crippen molar-refractivity contribution >= 4 is 24.1 Å². The zero-order valence-corrected chi connectivity index (χ0v) is 15.1. The predicted molar refractivity (Wildman–Crippen MR) is 99.8 cm³/mol. The Hall–Kier alpha value is -2.40. The number of para-hydroxylation sites is 1. The van der Waals surface area contributed by atoms with E-state index in [4.69, 9.17) is 9.47 Å². The summed E-state index contributed by atoms with van der Waals surface area (Å²) in [5, 5.41) is 9.70. The van der Waals surface area contributed by atoms with Crippen LogP contribution < -0.4 is 14.4 Å². The molecule has 0 bridgehead atoms. The molecule has 0 aliphatic carbocycles. The number of benzene rings is 2. The van der Waals surface area contributed by atoms with Gasteiger partial charge in [0.1, 0.15) is 5.56 Å². The molecule has 3 rings (SSSR count). The first-order valence-electron chi connectivity index (χ1n) is 7.95. The number of halogens is 1. The van der Waals surface area contributed by atoms with Gasteiger partial charge in [-0.05, 0) is 42.2 Å². The van der Waals surface area contributed by atoms with E-state index in [1.807, 2.05) is 24.3 Å². The molecule has 1 N–H and O–H groups in total.